The minimum absolute atomic E-state index is 0.0867. The molecule has 1 aliphatic heterocycles. The summed E-state index contributed by atoms with van der Waals surface area (Å²) in [7, 11) is 0. The highest BCUT2D eigenvalue weighted by Gasteiger charge is 2.26. The quantitative estimate of drug-likeness (QED) is 0.658. The third-order valence-electron chi connectivity index (χ3n) is 4.10. The molecule has 2 N–H and O–H groups in total. The molecule has 2 heterocycles. The van der Waals surface area contributed by atoms with E-state index in [0.717, 1.165) is 16.8 Å². The Labute approximate surface area is 160 Å². The van der Waals surface area contributed by atoms with Crippen molar-refractivity contribution in [1.82, 2.24) is 15.2 Å². The Kier molecular flexibility index (Phi) is 4.72. The van der Waals surface area contributed by atoms with Crippen LogP contribution in [0.5, 0.6) is 17.4 Å². The van der Waals surface area contributed by atoms with Crippen LogP contribution in [0.1, 0.15) is 18.7 Å². The number of aromatic nitrogens is 3. The van der Waals surface area contributed by atoms with Crippen molar-refractivity contribution in [3.05, 3.63) is 48.0 Å². The number of hydrogen-bond donors (Lipinski definition) is 2. The fourth-order valence-electron chi connectivity index (χ4n) is 2.85. The van der Waals surface area contributed by atoms with Gasteiger partial charge in [0.25, 0.3) is 0 Å². The number of aromatic hydroxyl groups is 1. The average Bonchev–Trinajstić information content (AvgIpc) is 2.86. The van der Waals surface area contributed by atoms with Crippen molar-refractivity contribution in [1.29, 1.82) is 0 Å². The van der Waals surface area contributed by atoms with E-state index in [4.69, 9.17) is 9.47 Å². The lowest BCUT2D eigenvalue weighted by atomic mass is 10.1. The number of nitrogens with one attached hydrogen (secondary N) is 1. The number of phenolic OH excluding ortho intramolecular Hbond substituents is 1. The number of fused-ring (bicyclic) bond motifs is 3. The Balaban J connectivity index is 1.81. The van der Waals surface area contributed by atoms with Gasteiger partial charge in [-0.1, -0.05) is 30.0 Å². The number of nitrogens with zero attached hydrogens (tertiary/aromatic N) is 3. The Morgan fingerprint density at radius 3 is 2.89 bits per heavy atom. The van der Waals surface area contributed by atoms with Crippen molar-refractivity contribution >= 4 is 17.4 Å². The molecule has 0 radical (unpaired) electrons. The maximum absolute atomic E-state index is 9.98. The summed E-state index contributed by atoms with van der Waals surface area (Å²) < 4.78 is 11.7. The molecule has 0 bridgehead atoms. The van der Waals surface area contributed by atoms with Crippen molar-refractivity contribution in [2.24, 2.45) is 0 Å². The molecule has 1 aromatic heterocycles. The molecule has 8 heteroatoms. The summed E-state index contributed by atoms with van der Waals surface area (Å²) >= 11 is 1.40. The number of ether oxygens (including phenoxy) is 2. The molecule has 3 aromatic rings. The van der Waals surface area contributed by atoms with Crippen LogP contribution >= 0.6 is 11.8 Å². The zero-order valence-electron chi connectivity index (χ0n) is 14.8. The zero-order valence-corrected chi connectivity index (χ0v) is 15.7. The van der Waals surface area contributed by atoms with E-state index in [-0.39, 0.29) is 5.75 Å². The van der Waals surface area contributed by atoms with Gasteiger partial charge in [0.15, 0.2) is 23.4 Å². The lowest BCUT2D eigenvalue weighted by Crippen LogP contribution is -2.17. The first-order valence-corrected chi connectivity index (χ1v) is 9.69. The molecule has 0 saturated carbocycles. The van der Waals surface area contributed by atoms with Crippen LogP contribution in [0.2, 0.25) is 0 Å². The first-order chi connectivity index (χ1) is 13.2. The molecule has 1 unspecified atom stereocenters. The van der Waals surface area contributed by atoms with Gasteiger partial charge in [-0.25, -0.2) is 0 Å². The van der Waals surface area contributed by atoms with Crippen molar-refractivity contribution in [2.45, 2.75) is 18.3 Å². The number of phenols is 1. The molecule has 1 aliphatic rings. The summed E-state index contributed by atoms with van der Waals surface area (Å²) in [5.74, 6) is 0.898. The molecule has 0 fully saturated rings. The van der Waals surface area contributed by atoms with E-state index in [1.165, 1.54) is 11.8 Å². The molecule has 7 nitrogen and oxygen atoms in total. The molecule has 138 valence electrons. The van der Waals surface area contributed by atoms with Crippen LogP contribution in [0, 0.1) is 0 Å². The number of hydrogen-bond acceptors (Lipinski definition) is 8. The number of para-hydroxylation sites is 1. The van der Waals surface area contributed by atoms with Crippen molar-refractivity contribution < 1.29 is 14.6 Å². The van der Waals surface area contributed by atoms with Gasteiger partial charge in [0.1, 0.15) is 0 Å². The molecular formula is C19H18N4O3S. The molecule has 2 aromatic carbocycles. The molecule has 0 spiro atoms. The van der Waals surface area contributed by atoms with Gasteiger partial charge in [0.2, 0.25) is 11.0 Å². The summed E-state index contributed by atoms with van der Waals surface area (Å²) in [4.78, 5) is 4.49. The Hall–Kier alpha value is -3.00. The predicted octanol–water partition coefficient (Wildman–Crippen LogP) is 3.87. The molecule has 4 rings (SSSR count). The lowest BCUT2D eigenvalue weighted by Gasteiger charge is -2.20. The van der Waals surface area contributed by atoms with E-state index in [1.807, 2.05) is 37.4 Å². The van der Waals surface area contributed by atoms with E-state index < -0.39 is 6.23 Å². The second-order valence-corrected chi connectivity index (χ2v) is 6.57. The largest absolute Gasteiger partial charge is 0.504 e. The standard InChI is InChI=1S/C19H18N4O3S/c1-3-25-15-10-11(8-9-14(15)24)17-20-13-7-5-4-6-12(13)16-18(26-17)21-19(27-2)23-22-16/h4-10,17,20,24H,3H2,1-2H3. The summed E-state index contributed by atoms with van der Waals surface area (Å²) in [6.07, 6.45) is 1.36. The maximum Gasteiger partial charge on any atom is 0.247 e. The van der Waals surface area contributed by atoms with Crippen LogP contribution in [0.25, 0.3) is 11.3 Å². The third-order valence-corrected chi connectivity index (χ3v) is 4.64. The highest BCUT2D eigenvalue weighted by atomic mass is 32.2. The highest BCUT2D eigenvalue weighted by molar-refractivity contribution is 7.98. The van der Waals surface area contributed by atoms with Crippen LogP contribution in [0.15, 0.2) is 47.6 Å². The molecule has 27 heavy (non-hydrogen) atoms. The molecule has 0 saturated heterocycles. The molecule has 0 aliphatic carbocycles. The second-order valence-electron chi connectivity index (χ2n) is 5.80. The van der Waals surface area contributed by atoms with Gasteiger partial charge in [-0.15, -0.1) is 10.2 Å². The van der Waals surface area contributed by atoms with E-state index >= 15 is 0 Å². The SMILES string of the molecule is CCOc1cc(C2Nc3ccccc3-c3nnc(SC)nc3O2)ccc1O. The third kappa shape index (κ3) is 3.35. The van der Waals surface area contributed by atoms with Gasteiger partial charge >= 0.3 is 0 Å². The average molecular weight is 382 g/mol. The van der Waals surface area contributed by atoms with Gasteiger partial charge in [0.05, 0.1) is 6.61 Å². The predicted molar refractivity (Wildman–Crippen MR) is 103 cm³/mol. The smallest absolute Gasteiger partial charge is 0.247 e. The zero-order chi connectivity index (χ0) is 18.8. The van der Waals surface area contributed by atoms with Crippen LogP contribution < -0.4 is 14.8 Å². The van der Waals surface area contributed by atoms with Crippen molar-refractivity contribution in [3.8, 4) is 28.6 Å². The summed E-state index contributed by atoms with van der Waals surface area (Å²) in [6.45, 7) is 2.32. The monoisotopic (exact) mass is 382 g/mol. The van der Waals surface area contributed by atoms with Crippen molar-refractivity contribution in [3.63, 3.8) is 0 Å². The van der Waals surface area contributed by atoms with Crippen LogP contribution in [0.3, 0.4) is 0 Å². The Bertz CT molecular complexity index is 983. The van der Waals surface area contributed by atoms with Gasteiger partial charge in [-0.05, 0) is 37.4 Å². The fraction of sp³-hybridized carbons (Fsp3) is 0.211. The van der Waals surface area contributed by atoms with Crippen LogP contribution in [-0.4, -0.2) is 33.2 Å². The Morgan fingerprint density at radius 1 is 1.22 bits per heavy atom. The maximum atomic E-state index is 9.98. The topological polar surface area (TPSA) is 89.4 Å². The number of rotatable bonds is 4. The number of anilines is 1. The van der Waals surface area contributed by atoms with Gasteiger partial charge in [-0.3, -0.25) is 0 Å². The highest BCUT2D eigenvalue weighted by Crippen LogP contribution is 2.40. The molecule has 0 amide bonds. The molecule has 1 atom stereocenters. The normalized spacial score (nSPS) is 15.0. The van der Waals surface area contributed by atoms with Gasteiger partial charge in [0, 0.05) is 16.8 Å². The van der Waals surface area contributed by atoms with Crippen LogP contribution in [-0.2, 0) is 0 Å². The Morgan fingerprint density at radius 2 is 2.07 bits per heavy atom. The van der Waals surface area contributed by atoms with Gasteiger partial charge in [-0.2, -0.15) is 4.98 Å². The van der Waals surface area contributed by atoms with E-state index in [0.29, 0.717) is 29.1 Å². The summed E-state index contributed by atoms with van der Waals surface area (Å²) in [6, 6.07) is 12.9. The van der Waals surface area contributed by atoms with E-state index in [1.54, 1.807) is 18.2 Å². The fourth-order valence-corrected chi connectivity index (χ4v) is 3.15. The first-order valence-electron chi connectivity index (χ1n) is 8.46. The summed E-state index contributed by atoms with van der Waals surface area (Å²) in [5.41, 5.74) is 3.11. The van der Waals surface area contributed by atoms with E-state index in [9.17, 15) is 5.11 Å². The summed E-state index contributed by atoms with van der Waals surface area (Å²) in [5, 5.41) is 22.4. The minimum atomic E-state index is -0.529. The van der Waals surface area contributed by atoms with E-state index in [2.05, 4.69) is 20.5 Å². The van der Waals surface area contributed by atoms with Gasteiger partial charge < -0.3 is 19.9 Å². The minimum Gasteiger partial charge on any atom is -0.504 e. The van der Waals surface area contributed by atoms with Crippen LogP contribution in [0.4, 0.5) is 5.69 Å². The lowest BCUT2D eigenvalue weighted by molar-refractivity contribution is 0.224. The number of benzene rings is 2. The molecular weight excluding hydrogens is 364 g/mol. The number of thioether (sulfide) groups is 1. The van der Waals surface area contributed by atoms with Crippen molar-refractivity contribution in [2.75, 3.05) is 18.2 Å². The second kappa shape index (κ2) is 7.32. The first kappa shape index (κ1) is 17.4.